The summed E-state index contributed by atoms with van der Waals surface area (Å²) in [6.45, 7) is 0.611. The number of imidazole rings is 1. The lowest BCUT2D eigenvalue weighted by atomic mass is 10.1. The van der Waals surface area contributed by atoms with Gasteiger partial charge in [0.15, 0.2) is 11.5 Å². The largest absolute Gasteiger partial charge is 0.493 e. The van der Waals surface area contributed by atoms with Crippen LogP contribution in [0.15, 0.2) is 36.4 Å². The fourth-order valence-electron chi connectivity index (χ4n) is 2.30. The van der Waals surface area contributed by atoms with Gasteiger partial charge >= 0.3 is 0 Å². The highest BCUT2D eigenvalue weighted by Gasteiger charge is 2.09. The Balaban J connectivity index is 1.79. The number of hydrogen-bond donors (Lipinski definition) is 2. The smallest absolute Gasteiger partial charge is 0.201 e. The Morgan fingerprint density at radius 3 is 2.48 bits per heavy atom. The molecule has 0 bridgehead atoms. The van der Waals surface area contributed by atoms with Crippen molar-refractivity contribution in [2.24, 2.45) is 0 Å². The molecule has 23 heavy (non-hydrogen) atoms. The Hall–Kier alpha value is -3.20. The molecule has 3 rings (SSSR count). The van der Waals surface area contributed by atoms with Gasteiger partial charge in [-0.3, -0.25) is 0 Å². The number of nitrogens with zero attached hydrogens (tertiary/aromatic N) is 2. The third-order valence-electron chi connectivity index (χ3n) is 3.53. The highest BCUT2D eigenvalue weighted by atomic mass is 16.5. The number of anilines is 1. The molecule has 0 aliphatic rings. The molecule has 0 amide bonds. The number of benzene rings is 2. The SMILES string of the molecule is COc1cc2nc(NCc3ccc(C#N)cc3)[nH]c2cc1OC. The maximum atomic E-state index is 8.80. The van der Waals surface area contributed by atoms with Crippen LogP contribution in [-0.2, 0) is 6.54 Å². The quantitative estimate of drug-likeness (QED) is 0.757. The summed E-state index contributed by atoms with van der Waals surface area (Å²) < 4.78 is 10.6. The second kappa shape index (κ2) is 6.28. The molecule has 2 N–H and O–H groups in total. The van der Waals surface area contributed by atoms with Gasteiger partial charge in [-0.1, -0.05) is 12.1 Å². The molecular weight excluding hydrogens is 292 g/mol. The van der Waals surface area contributed by atoms with Crippen LogP contribution in [0, 0.1) is 11.3 Å². The van der Waals surface area contributed by atoms with Gasteiger partial charge in [-0.25, -0.2) is 4.98 Å². The molecule has 0 aliphatic heterocycles. The number of aromatic amines is 1. The van der Waals surface area contributed by atoms with Crippen molar-refractivity contribution in [1.29, 1.82) is 5.26 Å². The summed E-state index contributed by atoms with van der Waals surface area (Å²) >= 11 is 0. The van der Waals surface area contributed by atoms with Crippen molar-refractivity contribution in [1.82, 2.24) is 9.97 Å². The van der Waals surface area contributed by atoms with Gasteiger partial charge in [-0.2, -0.15) is 5.26 Å². The van der Waals surface area contributed by atoms with E-state index in [0.29, 0.717) is 29.6 Å². The molecule has 1 heterocycles. The zero-order valence-electron chi connectivity index (χ0n) is 12.9. The number of rotatable bonds is 5. The third-order valence-corrected chi connectivity index (χ3v) is 3.53. The molecule has 3 aromatic rings. The number of nitriles is 1. The standard InChI is InChI=1S/C17H16N4O2/c1-22-15-7-13-14(8-16(15)23-2)21-17(20-13)19-10-12-5-3-11(9-18)4-6-12/h3-8H,10H2,1-2H3,(H2,19,20,21). The van der Waals surface area contributed by atoms with Gasteiger partial charge in [0.2, 0.25) is 5.95 Å². The number of fused-ring (bicyclic) bond motifs is 1. The topological polar surface area (TPSA) is 83.0 Å². The first-order chi connectivity index (χ1) is 11.2. The Bertz CT molecular complexity index is 822. The first kappa shape index (κ1) is 14.7. The van der Waals surface area contributed by atoms with E-state index >= 15 is 0 Å². The van der Waals surface area contributed by atoms with Crippen LogP contribution < -0.4 is 14.8 Å². The van der Waals surface area contributed by atoms with Crippen molar-refractivity contribution >= 4 is 17.0 Å². The predicted octanol–water partition coefficient (Wildman–Crippen LogP) is 3.06. The zero-order chi connectivity index (χ0) is 16.2. The maximum absolute atomic E-state index is 8.80. The Morgan fingerprint density at radius 2 is 1.83 bits per heavy atom. The second-order valence-corrected chi connectivity index (χ2v) is 4.97. The van der Waals surface area contributed by atoms with Crippen molar-refractivity contribution in [2.75, 3.05) is 19.5 Å². The van der Waals surface area contributed by atoms with Crippen LogP contribution in [0.1, 0.15) is 11.1 Å². The molecule has 0 saturated carbocycles. The average Bonchev–Trinajstić information content (AvgIpc) is 3.00. The van der Waals surface area contributed by atoms with Crippen LogP contribution in [0.4, 0.5) is 5.95 Å². The lowest BCUT2D eigenvalue weighted by Gasteiger charge is -2.06. The van der Waals surface area contributed by atoms with Crippen LogP contribution in [0.25, 0.3) is 11.0 Å². The predicted molar refractivity (Wildman–Crippen MR) is 87.7 cm³/mol. The molecule has 0 fully saturated rings. The summed E-state index contributed by atoms with van der Waals surface area (Å²) in [5.41, 5.74) is 3.38. The molecule has 6 heteroatoms. The summed E-state index contributed by atoms with van der Waals surface area (Å²) in [5, 5.41) is 12.0. The number of methoxy groups -OCH3 is 2. The van der Waals surface area contributed by atoms with Crippen LogP contribution >= 0.6 is 0 Å². The van der Waals surface area contributed by atoms with Crippen LogP contribution in [0.5, 0.6) is 11.5 Å². The minimum Gasteiger partial charge on any atom is -0.493 e. The third kappa shape index (κ3) is 3.04. The highest BCUT2D eigenvalue weighted by Crippen LogP contribution is 2.31. The first-order valence-electron chi connectivity index (χ1n) is 7.08. The molecule has 1 aromatic heterocycles. The second-order valence-electron chi connectivity index (χ2n) is 4.97. The van der Waals surface area contributed by atoms with Gasteiger partial charge in [-0.05, 0) is 17.7 Å². The van der Waals surface area contributed by atoms with E-state index < -0.39 is 0 Å². The monoisotopic (exact) mass is 308 g/mol. The fourth-order valence-corrected chi connectivity index (χ4v) is 2.30. The molecule has 0 spiro atoms. The maximum Gasteiger partial charge on any atom is 0.201 e. The van der Waals surface area contributed by atoms with Crippen LogP contribution in [-0.4, -0.2) is 24.2 Å². The number of nitrogens with one attached hydrogen (secondary N) is 2. The molecule has 6 nitrogen and oxygen atoms in total. The van der Waals surface area contributed by atoms with E-state index in [0.717, 1.165) is 16.6 Å². The van der Waals surface area contributed by atoms with Gasteiger partial charge < -0.3 is 19.8 Å². The molecule has 0 radical (unpaired) electrons. The van der Waals surface area contributed by atoms with E-state index in [1.54, 1.807) is 26.4 Å². The Labute approximate surface area is 133 Å². The van der Waals surface area contributed by atoms with Crippen molar-refractivity contribution in [3.05, 3.63) is 47.5 Å². The van der Waals surface area contributed by atoms with Gasteiger partial charge in [0.1, 0.15) is 0 Å². The molecule has 0 unspecified atom stereocenters. The number of H-pyrrole nitrogens is 1. The fraction of sp³-hybridized carbons (Fsp3) is 0.176. The first-order valence-corrected chi connectivity index (χ1v) is 7.08. The van der Waals surface area contributed by atoms with E-state index in [2.05, 4.69) is 21.4 Å². The summed E-state index contributed by atoms with van der Waals surface area (Å²) in [7, 11) is 3.20. The summed E-state index contributed by atoms with van der Waals surface area (Å²) in [6, 6.07) is 13.2. The van der Waals surface area contributed by atoms with Crippen molar-refractivity contribution in [2.45, 2.75) is 6.54 Å². The minimum absolute atomic E-state index is 0.611. The molecular formula is C17H16N4O2. The molecule has 2 aromatic carbocycles. The van der Waals surface area contributed by atoms with Crippen molar-refractivity contribution in [3.8, 4) is 17.6 Å². The lowest BCUT2D eigenvalue weighted by Crippen LogP contribution is -2.00. The van der Waals surface area contributed by atoms with Gasteiger partial charge in [0.05, 0.1) is 36.9 Å². The zero-order valence-corrected chi connectivity index (χ0v) is 12.9. The average molecular weight is 308 g/mol. The Kier molecular flexibility index (Phi) is 4.02. The van der Waals surface area contributed by atoms with E-state index in [4.69, 9.17) is 14.7 Å². The molecule has 116 valence electrons. The summed E-state index contributed by atoms with van der Waals surface area (Å²) in [6.07, 6.45) is 0. The van der Waals surface area contributed by atoms with Crippen LogP contribution in [0.3, 0.4) is 0 Å². The van der Waals surface area contributed by atoms with Crippen molar-refractivity contribution < 1.29 is 9.47 Å². The highest BCUT2D eigenvalue weighted by molar-refractivity contribution is 5.81. The number of aromatic nitrogens is 2. The summed E-state index contributed by atoms with van der Waals surface area (Å²) in [4.78, 5) is 7.70. The van der Waals surface area contributed by atoms with E-state index in [9.17, 15) is 0 Å². The van der Waals surface area contributed by atoms with Gasteiger partial charge in [0.25, 0.3) is 0 Å². The van der Waals surface area contributed by atoms with Crippen LogP contribution in [0.2, 0.25) is 0 Å². The molecule has 0 atom stereocenters. The normalized spacial score (nSPS) is 10.3. The Morgan fingerprint density at radius 1 is 1.13 bits per heavy atom. The molecule has 0 saturated heterocycles. The van der Waals surface area contributed by atoms with Gasteiger partial charge in [-0.15, -0.1) is 0 Å². The lowest BCUT2D eigenvalue weighted by molar-refractivity contribution is 0.356. The van der Waals surface area contributed by atoms with E-state index in [1.807, 2.05) is 24.3 Å². The number of ether oxygens (including phenoxy) is 2. The summed E-state index contributed by atoms with van der Waals surface area (Å²) in [5.74, 6) is 1.96. The van der Waals surface area contributed by atoms with Crippen molar-refractivity contribution in [3.63, 3.8) is 0 Å². The van der Waals surface area contributed by atoms with E-state index in [1.165, 1.54) is 0 Å². The van der Waals surface area contributed by atoms with Gasteiger partial charge in [0, 0.05) is 18.7 Å². The molecule has 0 aliphatic carbocycles. The van der Waals surface area contributed by atoms with E-state index in [-0.39, 0.29) is 0 Å². The minimum atomic E-state index is 0.611. The number of hydrogen-bond acceptors (Lipinski definition) is 5.